The zero-order valence-electron chi connectivity index (χ0n) is 10.4. The van der Waals surface area contributed by atoms with Crippen LogP contribution in [0.15, 0.2) is 18.2 Å². The minimum absolute atomic E-state index is 0.262. The molecule has 17 heavy (non-hydrogen) atoms. The van der Waals surface area contributed by atoms with Gasteiger partial charge in [0.15, 0.2) is 0 Å². The SMILES string of the molecule is CC1(C)CC1N1C(=O)CCc2cc(N)ccc21. The third-order valence-electron chi connectivity index (χ3n) is 4.01. The van der Waals surface area contributed by atoms with Crippen LogP contribution in [0.2, 0.25) is 0 Å². The molecular formula is C14H18N2O. The third-order valence-corrected chi connectivity index (χ3v) is 4.01. The molecule has 2 N–H and O–H groups in total. The zero-order chi connectivity index (χ0) is 12.2. The number of nitrogens with two attached hydrogens (primary N) is 1. The van der Waals surface area contributed by atoms with Crippen LogP contribution in [0.3, 0.4) is 0 Å². The second-order valence-electron chi connectivity index (χ2n) is 5.86. The number of carbonyl (C=O) groups excluding carboxylic acids is 1. The summed E-state index contributed by atoms with van der Waals surface area (Å²) in [5, 5.41) is 0. The van der Waals surface area contributed by atoms with Gasteiger partial charge >= 0.3 is 0 Å². The smallest absolute Gasteiger partial charge is 0.227 e. The number of nitrogens with zero attached hydrogens (tertiary/aromatic N) is 1. The number of hydrogen-bond acceptors (Lipinski definition) is 2. The maximum absolute atomic E-state index is 12.1. The van der Waals surface area contributed by atoms with E-state index in [-0.39, 0.29) is 11.3 Å². The van der Waals surface area contributed by atoms with E-state index in [0.717, 1.165) is 24.2 Å². The van der Waals surface area contributed by atoms with E-state index in [1.807, 2.05) is 23.1 Å². The summed E-state index contributed by atoms with van der Waals surface area (Å²) in [6.07, 6.45) is 2.54. The van der Waals surface area contributed by atoms with Crippen molar-refractivity contribution in [1.82, 2.24) is 0 Å². The maximum Gasteiger partial charge on any atom is 0.227 e. The summed E-state index contributed by atoms with van der Waals surface area (Å²) in [6, 6.07) is 6.26. The van der Waals surface area contributed by atoms with Crippen molar-refractivity contribution in [2.24, 2.45) is 5.41 Å². The summed E-state index contributed by atoms with van der Waals surface area (Å²) in [6.45, 7) is 4.44. The molecule has 1 unspecified atom stereocenters. The molecule has 0 saturated heterocycles. The number of aryl methyl sites for hydroxylation is 1. The van der Waals surface area contributed by atoms with Gasteiger partial charge in [0, 0.05) is 23.8 Å². The van der Waals surface area contributed by atoms with E-state index in [0.29, 0.717) is 12.5 Å². The Hall–Kier alpha value is -1.51. The molecule has 1 amide bonds. The minimum Gasteiger partial charge on any atom is -0.399 e. The Kier molecular flexibility index (Phi) is 2.03. The number of benzene rings is 1. The molecule has 2 aliphatic rings. The van der Waals surface area contributed by atoms with E-state index in [1.165, 1.54) is 5.56 Å². The molecule has 90 valence electrons. The molecule has 3 heteroatoms. The van der Waals surface area contributed by atoms with Crippen molar-refractivity contribution in [2.45, 2.75) is 39.2 Å². The molecule has 0 bridgehead atoms. The molecule has 1 fully saturated rings. The van der Waals surface area contributed by atoms with Gasteiger partial charge in [-0.15, -0.1) is 0 Å². The van der Waals surface area contributed by atoms with E-state index >= 15 is 0 Å². The Morgan fingerprint density at radius 2 is 2.06 bits per heavy atom. The van der Waals surface area contributed by atoms with Gasteiger partial charge < -0.3 is 10.6 Å². The minimum atomic E-state index is 0.262. The van der Waals surface area contributed by atoms with Gasteiger partial charge in [-0.2, -0.15) is 0 Å². The van der Waals surface area contributed by atoms with E-state index in [4.69, 9.17) is 5.73 Å². The van der Waals surface area contributed by atoms with E-state index in [9.17, 15) is 4.79 Å². The molecule has 1 saturated carbocycles. The third kappa shape index (κ3) is 1.61. The topological polar surface area (TPSA) is 46.3 Å². The highest BCUT2D eigenvalue weighted by molar-refractivity contribution is 5.98. The Labute approximate surface area is 102 Å². The number of fused-ring (bicyclic) bond motifs is 1. The molecule has 1 aromatic carbocycles. The van der Waals surface area contributed by atoms with Gasteiger partial charge in [-0.1, -0.05) is 13.8 Å². The van der Waals surface area contributed by atoms with Crippen LogP contribution < -0.4 is 10.6 Å². The molecule has 3 rings (SSSR count). The molecule has 1 aliphatic carbocycles. The number of nitrogen functional groups attached to an aromatic ring is 1. The van der Waals surface area contributed by atoms with Crippen LogP contribution >= 0.6 is 0 Å². The van der Waals surface area contributed by atoms with Crippen molar-refractivity contribution in [3.63, 3.8) is 0 Å². The Morgan fingerprint density at radius 1 is 1.35 bits per heavy atom. The maximum atomic E-state index is 12.1. The fourth-order valence-corrected chi connectivity index (χ4v) is 2.76. The lowest BCUT2D eigenvalue weighted by Gasteiger charge is -2.31. The summed E-state index contributed by atoms with van der Waals surface area (Å²) in [5.41, 5.74) is 9.15. The first-order valence-corrected chi connectivity index (χ1v) is 6.19. The number of rotatable bonds is 1. The second kappa shape index (κ2) is 3.25. The van der Waals surface area contributed by atoms with E-state index < -0.39 is 0 Å². The summed E-state index contributed by atoms with van der Waals surface area (Å²) < 4.78 is 0. The molecule has 0 spiro atoms. The fourth-order valence-electron chi connectivity index (χ4n) is 2.76. The first-order chi connectivity index (χ1) is 7.99. The van der Waals surface area contributed by atoms with Crippen molar-refractivity contribution >= 4 is 17.3 Å². The van der Waals surface area contributed by atoms with Crippen molar-refractivity contribution < 1.29 is 4.79 Å². The van der Waals surface area contributed by atoms with Gasteiger partial charge in [0.25, 0.3) is 0 Å². The summed E-state index contributed by atoms with van der Waals surface area (Å²) >= 11 is 0. The van der Waals surface area contributed by atoms with Crippen LogP contribution in [-0.4, -0.2) is 11.9 Å². The first kappa shape index (κ1) is 10.6. The van der Waals surface area contributed by atoms with Crippen molar-refractivity contribution in [3.05, 3.63) is 23.8 Å². The summed E-state index contributed by atoms with van der Waals surface area (Å²) in [4.78, 5) is 14.1. The van der Waals surface area contributed by atoms with Crippen molar-refractivity contribution in [3.8, 4) is 0 Å². The summed E-state index contributed by atoms with van der Waals surface area (Å²) in [5.74, 6) is 0.262. The van der Waals surface area contributed by atoms with Gasteiger partial charge in [0.1, 0.15) is 0 Å². The normalized spacial score (nSPS) is 25.6. The number of carbonyl (C=O) groups is 1. The van der Waals surface area contributed by atoms with Crippen LogP contribution in [0.4, 0.5) is 11.4 Å². The molecule has 1 aromatic rings. The highest BCUT2D eigenvalue weighted by atomic mass is 16.2. The average molecular weight is 230 g/mol. The lowest BCUT2D eigenvalue weighted by molar-refractivity contribution is -0.119. The van der Waals surface area contributed by atoms with Gasteiger partial charge in [0.05, 0.1) is 0 Å². The highest BCUT2D eigenvalue weighted by Crippen LogP contribution is 2.51. The highest BCUT2D eigenvalue weighted by Gasteiger charge is 2.52. The van der Waals surface area contributed by atoms with Crippen molar-refractivity contribution in [1.29, 1.82) is 0 Å². The van der Waals surface area contributed by atoms with Crippen LogP contribution in [0.25, 0.3) is 0 Å². The lowest BCUT2D eigenvalue weighted by Crippen LogP contribution is -2.38. The number of hydrogen-bond donors (Lipinski definition) is 1. The lowest BCUT2D eigenvalue weighted by atomic mass is 9.99. The summed E-state index contributed by atoms with van der Waals surface area (Å²) in [7, 11) is 0. The zero-order valence-corrected chi connectivity index (χ0v) is 10.4. The quantitative estimate of drug-likeness (QED) is 0.753. The standard InChI is InChI=1S/C14H18N2O/c1-14(2)8-12(14)16-11-5-4-10(15)7-9(11)3-6-13(16)17/h4-5,7,12H,3,6,8,15H2,1-2H3. The second-order valence-corrected chi connectivity index (χ2v) is 5.86. The number of anilines is 2. The monoisotopic (exact) mass is 230 g/mol. The predicted octanol–water partition coefficient (Wildman–Crippen LogP) is 2.35. The van der Waals surface area contributed by atoms with Gasteiger partial charge in [-0.05, 0) is 42.0 Å². The number of amides is 1. The van der Waals surface area contributed by atoms with E-state index in [2.05, 4.69) is 13.8 Å². The van der Waals surface area contributed by atoms with Gasteiger partial charge in [-0.25, -0.2) is 0 Å². The molecule has 0 radical (unpaired) electrons. The van der Waals surface area contributed by atoms with Crippen LogP contribution in [-0.2, 0) is 11.2 Å². The molecule has 1 atom stereocenters. The Morgan fingerprint density at radius 3 is 2.71 bits per heavy atom. The van der Waals surface area contributed by atoms with Crippen LogP contribution in [0, 0.1) is 5.41 Å². The predicted molar refractivity (Wildman–Crippen MR) is 68.8 cm³/mol. The van der Waals surface area contributed by atoms with Gasteiger partial charge in [0.2, 0.25) is 5.91 Å². The molecule has 1 heterocycles. The van der Waals surface area contributed by atoms with Crippen LogP contribution in [0.5, 0.6) is 0 Å². The molecule has 1 aliphatic heterocycles. The molecule has 3 nitrogen and oxygen atoms in total. The molecule has 0 aromatic heterocycles. The van der Waals surface area contributed by atoms with Gasteiger partial charge in [-0.3, -0.25) is 4.79 Å². The molecular weight excluding hydrogens is 212 g/mol. The van der Waals surface area contributed by atoms with E-state index in [1.54, 1.807) is 0 Å². The van der Waals surface area contributed by atoms with Crippen molar-refractivity contribution in [2.75, 3.05) is 10.6 Å². The first-order valence-electron chi connectivity index (χ1n) is 6.19. The average Bonchev–Trinajstić information content (AvgIpc) is 2.87. The Balaban J connectivity index is 2.02. The Bertz CT molecular complexity index is 493. The largest absolute Gasteiger partial charge is 0.399 e. The fraction of sp³-hybridized carbons (Fsp3) is 0.500. The van der Waals surface area contributed by atoms with Crippen LogP contribution in [0.1, 0.15) is 32.3 Å².